The van der Waals surface area contributed by atoms with E-state index in [1.54, 1.807) is 91.0 Å². The molecule has 0 bridgehead atoms. The molecule has 110 heavy (non-hydrogen) atoms. The normalized spacial score (nSPS) is 17.9. The van der Waals surface area contributed by atoms with E-state index in [-0.39, 0.29) is 117 Å². The molecule has 4 heterocycles. The fourth-order valence-electron chi connectivity index (χ4n) is 14.7. The van der Waals surface area contributed by atoms with Crippen LogP contribution in [0.1, 0.15) is 88.1 Å². The molecule has 28 nitrogen and oxygen atoms in total. The maximum absolute atomic E-state index is 13.8. The molecule has 0 saturated carbocycles. The number of anilines is 2. The van der Waals surface area contributed by atoms with Crippen molar-refractivity contribution in [2.45, 2.75) is 109 Å². The molecule has 11 rings (SSSR count). The summed E-state index contributed by atoms with van der Waals surface area (Å²) in [5, 5.41) is 15.8. The highest BCUT2D eigenvalue weighted by atomic mass is 32.2. The van der Waals surface area contributed by atoms with Gasteiger partial charge in [0.15, 0.2) is 23.0 Å². The van der Waals surface area contributed by atoms with Crippen molar-refractivity contribution >= 4 is 90.8 Å². The van der Waals surface area contributed by atoms with E-state index in [0.717, 1.165) is 11.8 Å². The SMILES string of the molecule is CCN1c2ccc3c(S(=O)(=O)O)cc(S(=O)(=O)O)cc3c2C(C)(C)C1/C=C/C=C/C=C/C=C1/N(CCCCCC(=O)NCCOCCOCCOCCOc2cc(CC3=C(c4ccc5c(c4)OCO5)C(=O)OC3(O)c3ccc(OC)cc3)cc(OC)c2OC)c2ccc3c(S(=O)(=O)O)cc(S(=O)(=O)O)cc3c2C1(C)C. The van der Waals surface area contributed by atoms with Crippen LogP contribution in [0.5, 0.6) is 34.5 Å². The van der Waals surface area contributed by atoms with Gasteiger partial charge in [-0.2, -0.15) is 33.7 Å². The highest BCUT2D eigenvalue weighted by Gasteiger charge is 2.49. The number of esters is 1. The Morgan fingerprint density at radius 3 is 1.81 bits per heavy atom. The highest BCUT2D eigenvalue weighted by molar-refractivity contribution is 7.87. The molecule has 2 atom stereocenters. The summed E-state index contributed by atoms with van der Waals surface area (Å²) < 4.78 is 198. The number of aliphatic hydroxyl groups is 1. The van der Waals surface area contributed by atoms with Gasteiger partial charge < -0.3 is 67.6 Å². The van der Waals surface area contributed by atoms with E-state index in [1.807, 2.05) is 57.7 Å². The Morgan fingerprint density at radius 2 is 1.20 bits per heavy atom. The summed E-state index contributed by atoms with van der Waals surface area (Å²) in [6, 6.07) is 25.0. The summed E-state index contributed by atoms with van der Waals surface area (Å²) in [5.41, 5.74) is 3.25. The molecule has 0 spiro atoms. The largest absolute Gasteiger partial charge is 0.497 e. The lowest BCUT2D eigenvalue weighted by Crippen LogP contribution is -2.39. The molecule has 0 saturated heterocycles. The van der Waals surface area contributed by atoms with Crippen LogP contribution in [0.15, 0.2) is 177 Å². The van der Waals surface area contributed by atoms with Crippen LogP contribution < -0.4 is 43.5 Å². The number of nitrogens with zero attached hydrogens (tertiary/aromatic N) is 2. The smallest absolute Gasteiger partial charge is 0.342 e. The van der Waals surface area contributed by atoms with Gasteiger partial charge in [-0.1, -0.05) is 88.8 Å². The summed E-state index contributed by atoms with van der Waals surface area (Å²) in [7, 11) is -15.3. The van der Waals surface area contributed by atoms with Crippen molar-refractivity contribution in [3.8, 4) is 34.5 Å². The van der Waals surface area contributed by atoms with E-state index in [4.69, 9.17) is 47.4 Å². The molecule has 4 aliphatic rings. The van der Waals surface area contributed by atoms with Gasteiger partial charge in [-0.25, -0.2) is 4.79 Å². The molecular formula is C78H87N3O25S4. The van der Waals surface area contributed by atoms with E-state index in [2.05, 4.69) is 10.2 Å². The van der Waals surface area contributed by atoms with Gasteiger partial charge in [0.05, 0.1) is 82.4 Å². The summed E-state index contributed by atoms with van der Waals surface area (Å²) in [4.78, 5) is 28.1. The molecular weight excluding hydrogens is 1510 g/mol. The number of allylic oxidation sites excluding steroid dienone is 7. The van der Waals surface area contributed by atoms with Gasteiger partial charge in [0, 0.05) is 82.3 Å². The van der Waals surface area contributed by atoms with E-state index in [1.165, 1.54) is 45.6 Å². The number of amides is 1. The number of fused-ring (bicyclic) bond motifs is 7. The van der Waals surface area contributed by atoms with Crippen molar-refractivity contribution in [3.05, 3.63) is 185 Å². The second-order valence-corrected chi connectivity index (χ2v) is 32.9. The molecule has 1 amide bonds. The van der Waals surface area contributed by atoms with Crippen molar-refractivity contribution in [1.29, 1.82) is 0 Å². The maximum atomic E-state index is 13.8. The first-order chi connectivity index (χ1) is 52.1. The predicted molar refractivity (Wildman–Crippen MR) is 408 cm³/mol. The minimum Gasteiger partial charge on any atom is -0.497 e. The van der Waals surface area contributed by atoms with E-state index < -0.39 is 82.6 Å². The van der Waals surface area contributed by atoms with Crippen LogP contribution in [-0.4, -0.2) is 169 Å². The first kappa shape index (κ1) is 81.6. The molecule has 4 aliphatic heterocycles. The van der Waals surface area contributed by atoms with E-state index in [0.29, 0.717) is 112 Å². The van der Waals surface area contributed by atoms with Crippen LogP contribution in [0.3, 0.4) is 0 Å². The first-order valence-corrected chi connectivity index (χ1v) is 40.9. The maximum Gasteiger partial charge on any atom is 0.342 e. The van der Waals surface area contributed by atoms with Gasteiger partial charge in [0.2, 0.25) is 18.4 Å². The fraction of sp³-hybridized carbons (Fsp3) is 0.359. The molecule has 2 unspecified atom stereocenters. The Bertz CT molecular complexity index is 5350. The number of methoxy groups -OCH3 is 3. The second kappa shape index (κ2) is 33.3. The summed E-state index contributed by atoms with van der Waals surface area (Å²) >= 11 is 0. The van der Waals surface area contributed by atoms with Crippen molar-refractivity contribution in [3.63, 3.8) is 0 Å². The Labute approximate surface area is 638 Å². The predicted octanol–water partition coefficient (Wildman–Crippen LogP) is 10.8. The van der Waals surface area contributed by atoms with Gasteiger partial charge >= 0.3 is 5.97 Å². The van der Waals surface area contributed by atoms with Gasteiger partial charge in [-0.15, -0.1) is 0 Å². The lowest BCUT2D eigenvalue weighted by molar-refractivity contribution is -0.185. The van der Waals surface area contributed by atoms with Crippen molar-refractivity contribution in [1.82, 2.24) is 5.32 Å². The highest BCUT2D eigenvalue weighted by Crippen LogP contribution is 2.54. The second-order valence-electron chi connectivity index (χ2n) is 27.3. The molecule has 32 heteroatoms. The number of carbonyl (C=O) groups is 2. The average Bonchev–Trinajstić information content (AvgIpc) is 1.55. The monoisotopic (exact) mass is 1590 g/mol. The Hall–Kier alpha value is -9.42. The van der Waals surface area contributed by atoms with Gasteiger partial charge in [-0.3, -0.25) is 23.0 Å². The van der Waals surface area contributed by atoms with E-state index in [9.17, 15) is 66.6 Å². The number of hydrogen-bond acceptors (Lipinski definition) is 23. The molecule has 7 aromatic carbocycles. The topological polar surface area (TPSA) is 383 Å². The molecule has 7 aromatic rings. The Balaban J connectivity index is 0.652. The molecule has 588 valence electrons. The van der Waals surface area contributed by atoms with Crippen molar-refractivity contribution in [2.24, 2.45) is 0 Å². The first-order valence-electron chi connectivity index (χ1n) is 35.2. The zero-order valence-corrected chi connectivity index (χ0v) is 64.9. The Morgan fingerprint density at radius 1 is 0.609 bits per heavy atom. The third-order valence-electron chi connectivity index (χ3n) is 19.7. The van der Waals surface area contributed by atoms with Gasteiger partial charge in [0.25, 0.3) is 46.3 Å². The number of rotatable bonds is 35. The standard InChI is InChI=1S/C78H87N3O25S4/c1-9-80-60-28-26-55-57(44-53(107(85,86)87)46-66(55)109(91,92)93)72(60)76(2,3)68(80)18-14-11-10-12-15-19-69-77(4,5)73-58-45-54(108(88,89)90)47-67(110(94,95)96)56(58)27-29-61(73)81(69)32-17-13-16-20-70(82)79-31-33-100-34-35-101-36-37-102-38-39-103-65-42-49(41-64(98-7)74(65)99-8)40-59-71(50-21-30-62-63(43-50)105-48-104-62)75(83)106-78(59,84)51-22-24-52(97-6)25-23-51/h10-12,14-15,18-19,21-30,41-47,68,84H,9,13,16-17,20,31-40,48H2,1-8H3,(H,79,82)(H,85,86,87)(H,88,89,90)(H,91,92,93)(H,94,95,96)/b11-10+,15-12+,18-14+,69-19+. The molecule has 6 N–H and O–H groups in total. The minimum absolute atomic E-state index is 0.00702. The average molecular weight is 1590 g/mol. The number of carbonyl (C=O) groups excluding carboxylic acids is 2. The number of benzene rings is 7. The third-order valence-corrected chi connectivity index (χ3v) is 23.2. The number of hydrogen-bond donors (Lipinski definition) is 6. The van der Waals surface area contributed by atoms with Crippen LogP contribution in [0.2, 0.25) is 0 Å². The summed E-state index contributed by atoms with van der Waals surface area (Å²) in [5.74, 6) is -0.616. The fourth-order valence-corrected chi connectivity index (χ4v) is 17.3. The molecule has 0 fully saturated rings. The number of likely N-dealkylation sites (N-methyl/N-ethyl adjacent to an activating group) is 1. The van der Waals surface area contributed by atoms with Crippen LogP contribution in [-0.2, 0) is 92.0 Å². The number of unbranched alkanes of at least 4 members (excludes halogenated alkanes) is 2. The zero-order valence-electron chi connectivity index (χ0n) is 61.7. The van der Waals surface area contributed by atoms with Crippen molar-refractivity contribution in [2.75, 3.05) is 104 Å². The Kier molecular flexibility index (Phi) is 24.7. The quantitative estimate of drug-likeness (QED) is 0.00930. The molecule has 0 aromatic heterocycles. The number of ether oxygens (including phenoxy) is 10. The summed E-state index contributed by atoms with van der Waals surface area (Å²) in [6.07, 6.45) is 14.8. The van der Waals surface area contributed by atoms with E-state index >= 15 is 0 Å². The lowest BCUT2D eigenvalue weighted by atomic mass is 9.78. The minimum atomic E-state index is -5.00. The van der Waals surface area contributed by atoms with Crippen LogP contribution in [0.4, 0.5) is 11.4 Å². The van der Waals surface area contributed by atoms with Crippen molar-refractivity contribution < 1.29 is 114 Å². The van der Waals surface area contributed by atoms with Gasteiger partial charge in [-0.05, 0) is 144 Å². The number of nitrogens with one attached hydrogen (secondary N) is 1. The van der Waals surface area contributed by atoms with Crippen LogP contribution >= 0.6 is 0 Å². The third kappa shape index (κ3) is 17.4. The van der Waals surface area contributed by atoms with Gasteiger partial charge in [0.1, 0.15) is 22.1 Å². The zero-order chi connectivity index (χ0) is 79.3. The number of cyclic esters (lactones) is 1. The molecule has 0 radical (unpaired) electrons. The lowest BCUT2D eigenvalue weighted by Gasteiger charge is -2.31. The van der Waals surface area contributed by atoms with Crippen LogP contribution in [0.25, 0.3) is 27.1 Å². The van der Waals surface area contributed by atoms with Crippen LogP contribution in [0, 0.1) is 0 Å². The summed E-state index contributed by atoms with van der Waals surface area (Å²) in [6.45, 7) is 12.3. The molecule has 0 aliphatic carbocycles.